The monoisotopic (exact) mass is 319 g/mol. The topological polar surface area (TPSA) is 49.9 Å². The van der Waals surface area contributed by atoms with Crippen LogP contribution in [0.15, 0.2) is 54.6 Å². The number of fused-ring (bicyclic) bond motifs is 1. The summed E-state index contributed by atoms with van der Waals surface area (Å²) in [4.78, 5) is 28.0. The molecule has 0 bridgehead atoms. The van der Waals surface area contributed by atoms with Crippen LogP contribution in [0.1, 0.15) is 36.6 Å². The smallest absolute Gasteiger partial charge is 0.141 e. The van der Waals surface area contributed by atoms with Gasteiger partial charge in [-0.05, 0) is 38.0 Å². The standard InChI is InChI=1S/C21H21NO2/c1-13-19(17-11-7-8-12-18(17)22-13)21(16-9-5-4-6-10-16)20(14(2)23)15(3)24/h4-12,20-22H,1-3H3/t21-/m0/s1. The Bertz CT molecular complexity index is 879. The maximum absolute atomic E-state index is 12.3. The van der Waals surface area contributed by atoms with Gasteiger partial charge in [0.15, 0.2) is 0 Å². The molecule has 1 atom stereocenters. The SMILES string of the molecule is CC(=O)C(C(C)=O)[C@@H](c1ccccc1)c1c(C)[nH]c2ccccc12. The minimum atomic E-state index is -0.676. The number of H-pyrrole nitrogens is 1. The number of aryl methyl sites for hydroxylation is 1. The van der Waals surface area contributed by atoms with Crippen LogP contribution in [0.3, 0.4) is 0 Å². The number of hydrogen-bond donors (Lipinski definition) is 1. The lowest BCUT2D eigenvalue weighted by molar-refractivity contribution is -0.130. The van der Waals surface area contributed by atoms with Gasteiger partial charge in [-0.3, -0.25) is 9.59 Å². The Balaban J connectivity index is 2.30. The highest BCUT2D eigenvalue weighted by molar-refractivity contribution is 6.02. The fraction of sp³-hybridized carbons (Fsp3) is 0.238. The van der Waals surface area contributed by atoms with Crippen LogP contribution < -0.4 is 0 Å². The van der Waals surface area contributed by atoms with Crippen molar-refractivity contribution < 1.29 is 9.59 Å². The van der Waals surface area contributed by atoms with E-state index in [1.807, 2.05) is 61.5 Å². The van der Waals surface area contributed by atoms with Crippen LogP contribution in [-0.4, -0.2) is 16.6 Å². The summed E-state index contributed by atoms with van der Waals surface area (Å²) in [7, 11) is 0. The Morgan fingerprint density at radius 1 is 0.875 bits per heavy atom. The Hall–Kier alpha value is -2.68. The molecule has 0 unspecified atom stereocenters. The summed E-state index contributed by atoms with van der Waals surface area (Å²) < 4.78 is 0. The molecule has 0 aliphatic heterocycles. The van der Waals surface area contributed by atoms with Crippen molar-refractivity contribution in [2.24, 2.45) is 5.92 Å². The highest BCUT2D eigenvalue weighted by Crippen LogP contribution is 2.39. The molecule has 0 saturated heterocycles. The molecule has 24 heavy (non-hydrogen) atoms. The van der Waals surface area contributed by atoms with Crippen molar-refractivity contribution in [3.05, 3.63) is 71.4 Å². The lowest BCUT2D eigenvalue weighted by Crippen LogP contribution is -2.28. The van der Waals surface area contributed by atoms with E-state index in [4.69, 9.17) is 0 Å². The number of para-hydroxylation sites is 1. The molecule has 0 radical (unpaired) electrons. The summed E-state index contributed by atoms with van der Waals surface area (Å²) in [6, 6.07) is 17.8. The van der Waals surface area contributed by atoms with E-state index in [0.29, 0.717) is 0 Å². The number of aromatic nitrogens is 1. The number of benzene rings is 2. The van der Waals surface area contributed by atoms with Gasteiger partial charge in [-0.2, -0.15) is 0 Å². The zero-order valence-electron chi connectivity index (χ0n) is 14.2. The number of hydrogen-bond acceptors (Lipinski definition) is 2. The van der Waals surface area contributed by atoms with Crippen molar-refractivity contribution in [2.75, 3.05) is 0 Å². The Kier molecular flexibility index (Phi) is 4.34. The first-order valence-corrected chi connectivity index (χ1v) is 8.13. The van der Waals surface area contributed by atoms with E-state index in [1.165, 1.54) is 13.8 Å². The average Bonchev–Trinajstić information content (AvgIpc) is 2.88. The van der Waals surface area contributed by atoms with Crippen molar-refractivity contribution in [1.82, 2.24) is 4.98 Å². The largest absolute Gasteiger partial charge is 0.358 e. The highest BCUT2D eigenvalue weighted by Gasteiger charge is 2.34. The van der Waals surface area contributed by atoms with E-state index >= 15 is 0 Å². The molecule has 0 amide bonds. The second-order valence-electron chi connectivity index (χ2n) is 6.30. The van der Waals surface area contributed by atoms with Gasteiger partial charge in [-0.1, -0.05) is 48.5 Å². The number of nitrogens with one attached hydrogen (secondary N) is 1. The molecule has 3 nitrogen and oxygen atoms in total. The molecular weight excluding hydrogens is 298 g/mol. The average molecular weight is 319 g/mol. The van der Waals surface area contributed by atoms with Gasteiger partial charge in [0, 0.05) is 22.5 Å². The van der Waals surface area contributed by atoms with Crippen LogP contribution in [0.4, 0.5) is 0 Å². The normalized spacial score (nSPS) is 12.5. The number of rotatable bonds is 5. The zero-order valence-corrected chi connectivity index (χ0v) is 14.2. The molecule has 0 saturated carbocycles. The van der Waals surface area contributed by atoms with E-state index in [1.54, 1.807) is 0 Å². The van der Waals surface area contributed by atoms with Crippen LogP contribution in [0, 0.1) is 12.8 Å². The number of carbonyl (C=O) groups is 2. The predicted molar refractivity (Wildman–Crippen MR) is 96.2 cm³/mol. The van der Waals surface area contributed by atoms with E-state index in [9.17, 15) is 9.59 Å². The Morgan fingerprint density at radius 3 is 2.08 bits per heavy atom. The molecule has 0 fully saturated rings. The van der Waals surface area contributed by atoms with Gasteiger partial charge in [-0.15, -0.1) is 0 Å². The molecule has 3 rings (SSSR count). The van der Waals surface area contributed by atoms with Crippen molar-refractivity contribution in [1.29, 1.82) is 0 Å². The van der Waals surface area contributed by atoms with Crippen LogP contribution >= 0.6 is 0 Å². The van der Waals surface area contributed by atoms with Gasteiger partial charge in [0.25, 0.3) is 0 Å². The zero-order chi connectivity index (χ0) is 17.3. The fourth-order valence-corrected chi connectivity index (χ4v) is 3.64. The number of aromatic amines is 1. The minimum absolute atomic E-state index is 0.0963. The minimum Gasteiger partial charge on any atom is -0.358 e. The first-order valence-electron chi connectivity index (χ1n) is 8.13. The molecule has 0 aliphatic rings. The van der Waals surface area contributed by atoms with Crippen molar-refractivity contribution in [2.45, 2.75) is 26.7 Å². The van der Waals surface area contributed by atoms with Gasteiger partial charge in [-0.25, -0.2) is 0 Å². The van der Waals surface area contributed by atoms with E-state index < -0.39 is 5.92 Å². The van der Waals surface area contributed by atoms with Crippen molar-refractivity contribution >= 4 is 22.5 Å². The van der Waals surface area contributed by atoms with E-state index in [0.717, 1.165) is 27.7 Å². The third kappa shape index (κ3) is 2.78. The molecule has 122 valence electrons. The van der Waals surface area contributed by atoms with Crippen LogP contribution in [0.5, 0.6) is 0 Å². The molecule has 0 spiro atoms. The van der Waals surface area contributed by atoms with Crippen molar-refractivity contribution in [3.8, 4) is 0 Å². The molecule has 1 heterocycles. The lowest BCUT2D eigenvalue weighted by atomic mass is 9.76. The summed E-state index contributed by atoms with van der Waals surface area (Å²) >= 11 is 0. The predicted octanol–water partition coefficient (Wildman–Crippen LogP) is 4.40. The van der Waals surface area contributed by atoms with Gasteiger partial charge < -0.3 is 4.98 Å². The van der Waals surface area contributed by atoms with Gasteiger partial charge >= 0.3 is 0 Å². The van der Waals surface area contributed by atoms with Gasteiger partial charge in [0.1, 0.15) is 11.6 Å². The molecule has 1 N–H and O–H groups in total. The molecular formula is C21H21NO2. The van der Waals surface area contributed by atoms with Gasteiger partial charge in [0.05, 0.1) is 5.92 Å². The first-order chi connectivity index (χ1) is 11.5. The van der Waals surface area contributed by atoms with Gasteiger partial charge in [0.2, 0.25) is 0 Å². The molecule has 1 aromatic heterocycles. The number of Topliss-reactive ketones (excluding diaryl/α,β-unsaturated/α-hetero) is 2. The third-order valence-corrected chi connectivity index (χ3v) is 4.62. The third-order valence-electron chi connectivity index (χ3n) is 4.62. The molecule has 3 aromatic rings. The lowest BCUT2D eigenvalue weighted by Gasteiger charge is -2.25. The van der Waals surface area contributed by atoms with E-state index in [2.05, 4.69) is 4.98 Å². The maximum atomic E-state index is 12.3. The van der Waals surface area contributed by atoms with Crippen molar-refractivity contribution in [3.63, 3.8) is 0 Å². The Labute approximate surface area is 141 Å². The summed E-state index contributed by atoms with van der Waals surface area (Å²) in [5, 5.41) is 1.07. The van der Waals surface area contributed by atoms with E-state index in [-0.39, 0.29) is 17.5 Å². The Morgan fingerprint density at radius 2 is 1.46 bits per heavy atom. The number of ketones is 2. The summed E-state index contributed by atoms with van der Waals surface area (Å²) in [6.45, 7) is 5.01. The molecule has 3 heteroatoms. The van der Waals surface area contributed by atoms with Crippen LogP contribution in [0.25, 0.3) is 10.9 Å². The summed E-state index contributed by atoms with van der Waals surface area (Å²) in [5.41, 5.74) is 4.04. The summed E-state index contributed by atoms with van der Waals surface area (Å²) in [5.74, 6) is -1.15. The highest BCUT2D eigenvalue weighted by atomic mass is 16.1. The number of carbonyl (C=O) groups excluding carboxylic acids is 2. The maximum Gasteiger partial charge on any atom is 0.141 e. The van der Waals surface area contributed by atoms with Crippen LogP contribution in [-0.2, 0) is 9.59 Å². The fourth-order valence-electron chi connectivity index (χ4n) is 3.64. The first kappa shape index (κ1) is 16.2. The van der Waals surface area contributed by atoms with Crippen LogP contribution in [0.2, 0.25) is 0 Å². The quantitative estimate of drug-likeness (QED) is 0.709. The second kappa shape index (κ2) is 6.44. The molecule has 2 aromatic carbocycles. The molecule has 0 aliphatic carbocycles. The second-order valence-corrected chi connectivity index (χ2v) is 6.30. The summed E-state index contributed by atoms with van der Waals surface area (Å²) in [6.07, 6.45) is 0.